The molecule has 0 spiro atoms. The predicted octanol–water partition coefficient (Wildman–Crippen LogP) is 3.71. The molecule has 1 aromatic carbocycles. The highest BCUT2D eigenvalue weighted by Gasteiger charge is 2.32. The molecule has 2 aliphatic heterocycles. The number of amides is 1. The Hall–Kier alpha value is -3.18. The highest BCUT2D eigenvalue weighted by atomic mass is 35.5. The lowest BCUT2D eigenvalue weighted by molar-refractivity contribution is 0.0607. The largest absolute Gasteiger partial charge is 0.354 e. The van der Waals surface area contributed by atoms with Crippen LogP contribution in [0.3, 0.4) is 0 Å². The number of halogens is 1. The SMILES string of the molecule is C=N[C@H]1CCN(c2cc(C)n3nc([C@@H]4CCCCN4C(=O)c4cc(Cl)ccc4NS(C)(=O)=O)cc3n2)C1. The number of likely N-dealkylation sites (tertiary alicyclic amines) is 1. The van der Waals surface area contributed by atoms with Gasteiger partial charge in [0.1, 0.15) is 5.82 Å². The van der Waals surface area contributed by atoms with Crippen LogP contribution >= 0.6 is 11.6 Å². The van der Waals surface area contributed by atoms with Crippen LogP contribution < -0.4 is 9.62 Å². The van der Waals surface area contributed by atoms with Gasteiger partial charge in [-0.05, 0) is 57.5 Å². The van der Waals surface area contributed by atoms with Gasteiger partial charge in [0.05, 0.1) is 35.3 Å². The molecule has 0 bridgehead atoms. The van der Waals surface area contributed by atoms with E-state index in [1.807, 2.05) is 23.6 Å². The molecule has 196 valence electrons. The first-order valence-corrected chi connectivity index (χ1v) is 14.6. The normalized spacial score (nSPS) is 20.4. The third kappa shape index (κ3) is 5.28. The Bertz CT molecular complexity index is 1470. The topological polar surface area (TPSA) is 112 Å². The zero-order chi connectivity index (χ0) is 26.3. The van der Waals surface area contributed by atoms with Crippen LogP contribution in [0.15, 0.2) is 35.3 Å². The average Bonchev–Trinajstić information content (AvgIpc) is 3.51. The first-order chi connectivity index (χ1) is 17.6. The number of anilines is 2. The molecule has 2 aliphatic rings. The van der Waals surface area contributed by atoms with Gasteiger partial charge < -0.3 is 9.80 Å². The number of benzene rings is 1. The standard InChI is InChI=1S/C25H30ClN7O3S/c1-16-12-23(31-11-9-18(15-31)27-2)28-24-14-21(29-33(16)24)22-6-4-5-10-32(22)25(34)19-13-17(26)7-8-20(19)30-37(3,35)36/h7-8,12-14,18,22,30H,2,4-6,9-11,15H2,1,3H3/t18-,22-/m0/s1. The van der Waals surface area contributed by atoms with Crippen molar-refractivity contribution in [3.63, 3.8) is 0 Å². The number of aliphatic imine (C=N–C) groups is 1. The molecule has 0 unspecified atom stereocenters. The van der Waals surface area contributed by atoms with Gasteiger partial charge in [-0.3, -0.25) is 14.5 Å². The molecule has 2 aromatic heterocycles. The number of sulfonamides is 1. The van der Waals surface area contributed by atoms with Gasteiger partial charge in [0.15, 0.2) is 5.65 Å². The first kappa shape index (κ1) is 25.5. The van der Waals surface area contributed by atoms with Crippen molar-refractivity contribution in [3.8, 4) is 0 Å². The molecule has 0 saturated carbocycles. The number of rotatable bonds is 6. The van der Waals surface area contributed by atoms with Crippen molar-refractivity contribution >= 4 is 51.4 Å². The minimum absolute atomic E-state index is 0.205. The number of nitrogens with one attached hydrogen (secondary N) is 1. The van der Waals surface area contributed by atoms with E-state index < -0.39 is 10.0 Å². The number of fused-ring (bicyclic) bond motifs is 1. The average molecular weight is 544 g/mol. The fraction of sp³-hybridized carbons (Fsp3) is 0.440. The van der Waals surface area contributed by atoms with Crippen molar-refractivity contribution in [3.05, 3.63) is 52.3 Å². The number of carbonyl (C=O) groups excluding carboxylic acids is 1. The summed E-state index contributed by atoms with van der Waals surface area (Å²) >= 11 is 6.20. The fourth-order valence-electron chi connectivity index (χ4n) is 5.17. The molecule has 2 fully saturated rings. The maximum atomic E-state index is 13.8. The van der Waals surface area contributed by atoms with Gasteiger partial charge in [0.2, 0.25) is 10.0 Å². The summed E-state index contributed by atoms with van der Waals surface area (Å²) in [5, 5.41) is 5.19. The van der Waals surface area contributed by atoms with Gasteiger partial charge in [-0.25, -0.2) is 17.9 Å². The molecule has 2 saturated heterocycles. The Labute approximate surface area is 221 Å². The second-order valence-corrected chi connectivity index (χ2v) is 11.9. The zero-order valence-electron chi connectivity index (χ0n) is 20.9. The smallest absolute Gasteiger partial charge is 0.256 e. The summed E-state index contributed by atoms with van der Waals surface area (Å²) in [6.45, 7) is 7.87. The van der Waals surface area contributed by atoms with Gasteiger partial charge >= 0.3 is 0 Å². The Kier molecular flexibility index (Phi) is 6.84. The number of hydrogen-bond donors (Lipinski definition) is 1. The molecule has 3 aromatic rings. The fourth-order valence-corrected chi connectivity index (χ4v) is 5.92. The third-order valence-corrected chi connectivity index (χ3v) is 7.79. The molecule has 4 heterocycles. The Morgan fingerprint density at radius 2 is 2.00 bits per heavy atom. The summed E-state index contributed by atoms with van der Waals surface area (Å²) in [6.07, 6.45) is 4.55. The number of aromatic nitrogens is 3. The lowest BCUT2D eigenvalue weighted by Gasteiger charge is -2.35. The summed E-state index contributed by atoms with van der Waals surface area (Å²) < 4.78 is 28.1. The van der Waals surface area contributed by atoms with E-state index in [0.29, 0.717) is 11.6 Å². The number of piperidine rings is 1. The van der Waals surface area contributed by atoms with Crippen LogP contribution in [-0.4, -0.2) is 72.5 Å². The zero-order valence-corrected chi connectivity index (χ0v) is 22.5. The summed E-state index contributed by atoms with van der Waals surface area (Å²) in [7, 11) is -3.58. The van der Waals surface area contributed by atoms with Gasteiger partial charge in [-0.1, -0.05) is 11.6 Å². The van der Waals surface area contributed by atoms with Crippen molar-refractivity contribution < 1.29 is 13.2 Å². The predicted molar refractivity (Wildman–Crippen MR) is 145 cm³/mol. The molecule has 0 aliphatic carbocycles. The van der Waals surface area contributed by atoms with Gasteiger partial charge in [-0.15, -0.1) is 0 Å². The first-order valence-electron chi connectivity index (χ1n) is 12.3. The van der Waals surface area contributed by atoms with Crippen LogP contribution in [-0.2, 0) is 10.0 Å². The summed E-state index contributed by atoms with van der Waals surface area (Å²) in [4.78, 5) is 26.8. The Balaban J connectivity index is 1.48. The highest BCUT2D eigenvalue weighted by Crippen LogP contribution is 2.34. The molecule has 12 heteroatoms. The van der Waals surface area contributed by atoms with E-state index in [0.717, 1.165) is 67.9 Å². The molecule has 5 rings (SSSR count). The van der Waals surface area contributed by atoms with E-state index in [2.05, 4.69) is 21.3 Å². The number of carbonyl (C=O) groups is 1. The van der Waals surface area contributed by atoms with Crippen molar-refractivity contribution in [1.82, 2.24) is 19.5 Å². The third-order valence-electron chi connectivity index (χ3n) is 6.97. The number of hydrogen-bond acceptors (Lipinski definition) is 7. The Morgan fingerprint density at radius 3 is 2.73 bits per heavy atom. The molecular weight excluding hydrogens is 514 g/mol. The van der Waals surface area contributed by atoms with Crippen LogP contribution in [0, 0.1) is 6.92 Å². The van der Waals surface area contributed by atoms with Crippen LogP contribution in [0.1, 0.15) is 53.5 Å². The lowest BCUT2D eigenvalue weighted by atomic mass is 9.98. The van der Waals surface area contributed by atoms with E-state index >= 15 is 0 Å². The van der Waals surface area contributed by atoms with Crippen LogP contribution in [0.2, 0.25) is 5.02 Å². The monoisotopic (exact) mass is 543 g/mol. The van der Waals surface area contributed by atoms with E-state index in [9.17, 15) is 13.2 Å². The molecule has 2 atom stereocenters. The van der Waals surface area contributed by atoms with E-state index in [4.69, 9.17) is 21.7 Å². The lowest BCUT2D eigenvalue weighted by Crippen LogP contribution is -2.39. The summed E-state index contributed by atoms with van der Waals surface area (Å²) in [5.41, 5.74) is 2.85. The molecule has 1 N–H and O–H groups in total. The highest BCUT2D eigenvalue weighted by molar-refractivity contribution is 7.92. The number of nitrogens with zero attached hydrogens (tertiary/aromatic N) is 6. The quantitative estimate of drug-likeness (QED) is 0.474. The van der Waals surface area contributed by atoms with Crippen molar-refractivity contribution in [2.75, 3.05) is 35.5 Å². The molecule has 10 nitrogen and oxygen atoms in total. The van der Waals surface area contributed by atoms with Gasteiger partial charge in [-0.2, -0.15) is 5.10 Å². The maximum Gasteiger partial charge on any atom is 0.256 e. The second kappa shape index (κ2) is 9.94. The minimum Gasteiger partial charge on any atom is -0.354 e. The molecule has 37 heavy (non-hydrogen) atoms. The van der Waals surface area contributed by atoms with Gasteiger partial charge in [0, 0.05) is 42.5 Å². The van der Waals surface area contributed by atoms with E-state index in [-0.39, 0.29) is 29.2 Å². The van der Waals surface area contributed by atoms with Crippen LogP contribution in [0.4, 0.5) is 11.5 Å². The molecular formula is C25H30ClN7O3S. The summed E-state index contributed by atoms with van der Waals surface area (Å²) in [6, 6.07) is 8.49. The van der Waals surface area contributed by atoms with E-state index in [1.165, 1.54) is 12.1 Å². The van der Waals surface area contributed by atoms with Crippen LogP contribution in [0.25, 0.3) is 5.65 Å². The molecule has 0 radical (unpaired) electrons. The maximum absolute atomic E-state index is 13.8. The van der Waals surface area contributed by atoms with E-state index in [1.54, 1.807) is 11.0 Å². The number of aryl methyl sites for hydroxylation is 1. The van der Waals surface area contributed by atoms with Crippen molar-refractivity contribution in [2.24, 2.45) is 4.99 Å². The van der Waals surface area contributed by atoms with Crippen LogP contribution in [0.5, 0.6) is 0 Å². The van der Waals surface area contributed by atoms with Gasteiger partial charge in [0.25, 0.3) is 5.91 Å². The van der Waals surface area contributed by atoms with Crippen molar-refractivity contribution in [2.45, 2.75) is 44.7 Å². The summed E-state index contributed by atoms with van der Waals surface area (Å²) in [5.74, 6) is 0.593. The van der Waals surface area contributed by atoms with Crippen molar-refractivity contribution in [1.29, 1.82) is 0 Å². The molecule has 1 amide bonds. The Morgan fingerprint density at radius 1 is 1.19 bits per heavy atom. The minimum atomic E-state index is -3.58. The second-order valence-electron chi connectivity index (χ2n) is 9.74.